The summed E-state index contributed by atoms with van der Waals surface area (Å²) in [7, 11) is 0. The normalized spacial score (nSPS) is 15.1. The largest absolute Gasteiger partial charge is 0.480 e. The van der Waals surface area contributed by atoms with Gasteiger partial charge in [-0.2, -0.15) is 0 Å². The molecule has 0 saturated carbocycles. The number of nitrogens with two attached hydrogens (primary N) is 2. The molecule has 0 aliphatic carbocycles. The molecule has 0 aromatic rings. The Morgan fingerprint density at radius 1 is 0.889 bits per heavy atom. The van der Waals surface area contributed by atoms with Crippen LogP contribution in [-0.2, 0) is 19.2 Å². The number of carbonyl (C=O) groups excluding carboxylic acids is 3. The molecule has 0 bridgehead atoms. The first-order valence-electron chi connectivity index (χ1n) is 8.49. The van der Waals surface area contributed by atoms with Gasteiger partial charge in [0.15, 0.2) is 0 Å². The summed E-state index contributed by atoms with van der Waals surface area (Å²) in [5.41, 5.74) is 11.1. The second-order valence-electron chi connectivity index (χ2n) is 5.95. The number of aliphatic carboxylic acids is 1. The molecule has 3 amide bonds. The molecule has 0 aliphatic heterocycles. The maximum Gasteiger partial charge on any atom is 0.328 e. The summed E-state index contributed by atoms with van der Waals surface area (Å²) in [6, 6.07) is -4.90. The van der Waals surface area contributed by atoms with Gasteiger partial charge >= 0.3 is 5.97 Å². The first-order chi connectivity index (χ1) is 12.7. The Bertz CT molecular complexity index is 517. The van der Waals surface area contributed by atoms with Gasteiger partial charge in [-0.1, -0.05) is 6.42 Å². The highest BCUT2D eigenvalue weighted by atomic mass is 16.4. The third-order valence-electron chi connectivity index (χ3n) is 3.67. The van der Waals surface area contributed by atoms with Crippen molar-refractivity contribution in [2.24, 2.45) is 11.5 Å². The van der Waals surface area contributed by atoms with E-state index in [-0.39, 0.29) is 0 Å². The first kappa shape index (κ1) is 24.7. The number of carboxylic acids is 1. The fraction of sp³-hybridized carbons (Fsp3) is 0.733. The van der Waals surface area contributed by atoms with Crippen molar-refractivity contribution in [2.45, 2.75) is 50.4 Å². The SMILES string of the molecule is CC(NC(=O)C(N)CCCCN)C(=O)NC(CO)C(=O)NC(CO)C(=O)O. The van der Waals surface area contributed by atoms with E-state index in [1.165, 1.54) is 6.92 Å². The molecule has 0 fully saturated rings. The molecule has 156 valence electrons. The molecule has 0 rings (SSSR count). The number of amides is 3. The minimum absolute atomic E-state index is 0.400. The van der Waals surface area contributed by atoms with Gasteiger partial charge in [-0.15, -0.1) is 0 Å². The van der Waals surface area contributed by atoms with Crippen molar-refractivity contribution in [2.75, 3.05) is 19.8 Å². The Balaban J connectivity index is 4.62. The summed E-state index contributed by atoms with van der Waals surface area (Å²) < 4.78 is 0. The molecular weight excluding hydrogens is 362 g/mol. The van der Waals surface area contributed by atoms with Crippen molar-refractivity contribution in [1.82, 2.24) is 16.0 Å². The van der Waals surface area contributed by atoms with Crippen LogP contribution in [0.1, 0.15) is 26.2 Å². The zero-order chi connectivity index (χ0) is 21.0. The van der Waals surface area contributed by atoms with Crippen LogP contribution in [-0.4, -0.2) is 82.9 Å². The Kier molecular flexibility index (Phi) is 11.9. The van der Waals surface area contributed by atoms with E-state index in [1.807, 2.05) is 5.32 Å². The van der Waals surface area contributed by atoms with Crippen LogP contribution in [0, 0.1) is 0 Å². The Morgan fingerprint density at radius 3 is 1.93 bits per heavy atom. The van der Waals surface area contributed by atoms with Gasteiger partial charge in [-0.25, -0.2) is 4.79 Å². The minimum atomic E-state index is -1.58. The number of unbranched alkanes of at least 4 members (excludes halogenated alkanes) is 1. The molecule has 10 N–H and O–H groups in total. The van der Waals surface area contributed by atoms with Gasteiger partial charge in [-0.05, 0) is 26.3 Å². The molecule has 0 aliphatic rings. The number of aliphatic hydroxyl groups excluding tert-OH is 2. The standard InChI is InChI=1S/C15H29N5O7/c1-8(18-13(24)9(17)4-2-3-5-16)12(23)19-10(6-21)14(25)20-11(7-22)15(26)27/h8-11,21-22H,2-7,16-17H2,1H3,(H,18,24)(H,19,23)(H,20,25)(H,26,27). The molecule has 4 unspecified atom stereocenters. The monoisotopic (exact) mass is 391 g/mol. The summed E-state index contributed by atoms with van der Waals surface area (Å²) in [5.74, 6) is -3.80. The predicted molar refractivity (Wildman–Crippen MR) is 94.2 cm³/mol. The third kappa shape index (κ3) is 9.28. The van der Waals surface area contributed by atoms with Crippen LogP contribution < -0.4 is 27.4 Å². The van der Waals surface area contributed by atoms with Crippen LogP contribution >= 0.6 is 0 Å². The third-order valence-corrected chi connectivity index (χ3v) is 3.67. The summed E-state index contributed by atoms with van der Waals surface area (Å²) in [6.07, 6.45) is 1.78. The minimum Gasteiger partial charge on any atom is -0.480 e. The number of hydrogen-bond acceptors (Lipinski definition) is 8. The molecule has 12 nitrogen and oxygen atoms in total. The molecule has 0 radical (unpaired) electrons. The lowest BCUT2D eigenvalue weighted by Crippen LogP contribution is -2.57. The van der Waals surface area contributed by atoms with Gasteiger partial charge in [0.1, 0.15) is 18.1 Å². The number of rotatable bonds is 13. The molecule has 0 saturated heterocycles. The van der Waals surface area contributed by atoms with E-state index in [0.29, 0.717) is 19.4 Å². The molecule has 0 aromatic heterocycles. The van der Waals surface area contributed by atoms with Crippen LogP contribution in [0.4, 0.5) is 0 Å². The quantitative estimate of drug-likeness (QED) is 0.143. The highest BCUT2D eigenvalue weighted by Gasteiger charge is 2.28. The average molecular weight is 391 g/mol. The Labute approximate surface area is 156 Å². The lowest BCUT2D eigenvalue weighted by molar-refractivity contribution is -0.143. The van der Waals surface area contributed by atoms with Crippen LogP contribution in [0.5, 0.6) is 0 Å². The Morgan fingerprint density at radius 2 is 1.44 bits per heavy atom. The van der Waals surface area contributed by atoms with Crippen molar-refractivity contribution in [3.8, 4) is 0 Å². The van der Waals surface area contributed by atoms with Crippen molar-refractivity contribution in [3.05, 3.63) is 0 Å². The molecule has 4 atom stereocenters. The van der Waals surface area contributed by atoms with E-state index in [9.17, 15) is 24.3 Å². The summed E-state index contributed by atoms with van der Waals surface area (Å²) in [4.78, 5) is 46.7. The molecular formula is C15H29N5O7. The second-order valence-corrected chi connectivity index (χ2v) is 5.95. The number of hydrogen-bond donors (Lipinski definition) is 8. The van der Waals surface area contributed by atoms with Gasteiger partial charge in [0, 0.05) is 0 Å². The van der Waals surface area contributed by atoms with Crippen molar-refractivity contribution >= 4 is 23.7 Å². The lowest BCUT2D eigenvalue weighted by atomic mass is 10.1. The number of aliphatic hydroxyl groups is 2. The van der Waals surface area contributed by atoms with E-state index < -0.39 is 61.1 Å². The lowest BCUT2D eigenvalue weighted by Gasteiger charge is -2.22. The van der Waals surface area contributed by atoms with Gasteiger partial charge in [-0.3, -0.25) is 14.4 Å². The van der Waals surface area contributed by atoms with Crippen LogP contribution in [0.3, 0.4) is 0 Å². The van der Waals surface area contributed by atoms with Crippen LogP contribution in [0.25, 0.3) is 0 Å². The molecule has 0 aromatic carbocycles. The summed E-state index contributed by atoms with van der Waals surface area (Å²) in [6.45, 7) is 0.174. The topological polar surface area (TPSA) is 217 Å². The van der Waals surface area contributed by atoms with Crippen molar-refractivity contribution < 1.29 is 34.5 Å². The average Bonchev–Trinajstić information content (AvgIpc) is 2.63. The highest BCUT2D eigenvalue weighted by Crippen LogP contribution is 1.99. The molecule has 0 heterocycles. The van der Waals surface area contributed by atoms with Gasteiger partial charge in [0.25, 0.3) is 0 Å². The summed E-state index contributed by atoms with van der Waals surface area (Å²) >= 11 is 0. The highest BCUT2D eigenvalue weighted by molar-refractivity contribution is 5.93. The second kappa shape index (κ2) is 13.0. The van der Waals surface area contributed by atoms with E-state index in [2.05, 4.69) is 10.6 Å². The van der Waals surface area contributed by atoms with Gasteiger partial charge in [0.05, 0.1) is 19.3 Å². The number of nitrogens with one attached hydrogen (secondary N) is 3. The summed E-state index contributed by atoms with van der Waals surface area (Å²) in [5, 5.41) is 33.5. The van der Waals surface area contributed by atoms with Crippen LogP contribution in [0.15, 0.2) is 0 Å². The predicted octanol–water partition coefficient (Wildman–Crippen LogP) is -4.01. The van der Waals surface area contributed by atoms with E-state index in [1.54, 1.807) is 0 Å². The molecule has 27 heavy (non-hydrogen) atoms. The number of carbonyl (C=O) groups is 4. The zero-order valence-corrected chi connectivity index (χ0v) is 15.2. The van der Waals surface area contributed by atoms with E-state index in [0.717, 1.165) is 6.42 Å². The fourth-order valence-corrected chi connectivity index (χ4v) is 1.97. The van der Waals surface area contributed by atoms with E-state index in [4.69, 9.17) is 21.7 Å². The van der Waals surface area contributed by atoms with Crippen molar-refractivity contribution in [1.29, 1.82) is 0 Å². The van der Waals surface area contributed by atoms with Gasteiger partial charge < -0.3 is 42.7 Å². The molecule has 12 heteroatoms. The van der Waals surface area contributed by atoms with Gasteiger partial charge in [0.2, 0.25) is 17.7 Å². The van der Waals surface area contributed by atoms with Crippen LogP contribution in [0.2, 0.25) is 0 Å². The van der Waals surface area contributed by atoms with Crippen molar-refractivity contribution in [3.63, 3.8) is 0 Å². The zero-order valence-electron chi connectivity index (χ0n) is 15.2. The maximum absolute atomic E-state index is 12.1. The number of carboxylic acid groups (broad SMARTS) is 1. The molecule has 0 spiro atoms. The maximum atomic E-state index is 12.1. The fourth-order valence-electron chi connectivity index (χ4n) is 1.97. The first-order valence-corrected chi connectivity index (χ1v) is 8.49. The smallest absolute Gasteiger partial charge is 0.328 e. The van der Waals surface area contributed by atoms with E-state index >= 15 is 0 Å². The Hall–Kier alpha value is -2.28.